The number of hydrogen-bond donors (Lipinski definition) is 1. The summed E-state index contributed by atoms with van der Waals surface area (Å²) >= 11 is 5.61. The van der Waals surface area contributed by atoms with E-state index in [1.54, 1.807) is 13.8 Å². The van der Waals surface area contributed by atoms with Crippen LogP contribution in [0.15, 0.2) is 18.3 Å². The van der Waals surface area contributed by atoms with Crippen molar-refractivity contribution in [3.63, 3.8) is 0 Å². The Morgan fingerprint density at radius 1 is 1.39 bits per heavy atom. The van der Waals surface area contributed by atoms with Crippen molar-refractivity contribution < 1.29 is 18.0 Å². The Hall–Kier alpha value is -1.30. The lowest BCUT2D eigenvalue weighted by atomic mass is 9.95. The Morgan fingerprint density at radius 2 is 2.00 bits per heavy atom. The fraction of sp³-hybridized carbons (Fsp3) is 0.455. The monoisotopic (exact) mass is 280 g/mol. The highest BCUT2D eigenvalue weighted by Gasteiger charge is 2.32. The van der Waals surface area contributed by atoms with Gasteiger partial charge in [0.25, 0.3) is 0 Å². The molecule has 0 aliphatic heterocycles. The van der Waals surface area contributed by atoms with Gasteiger partial charge >= 0.3 is 6.18 Å². The van der Waals surface area contributed by atoms with Crippen LogP contribution in [0, 0.1) is 5.41 Å². The third-order valence-corrected chi connectivity index (χ3v) is 2.93. The fourth-order valence-electron chi connectivity index (χ4n) is 0.996. The Kier molecular flexibility index (Phi) is 4.21. The zero-order chi connectivity index (χ0) is 14.0. The second-order valence-corrected chi connectivity index (χ2v) is 4.67. The first kappa shape index (κ1) is 14.8. The van der Waals surface area contributed by atoms with Crippen molar-refractivity contribution in [2.75, 3.05) is 11.2 Å². The second-order valence-electron chi connectivity index (χ2n) is 4.40. The van der Waals surface area contributed by atoms with Gasteiger partial charge in [-0.25, -0.2) is 4.98 Å². The number of carbonyl (C=O) groups is 1. The summed E-state index contributed by atoms with van der Waals surface area (Å²) in [5, 5.41) is 2.46. The minimum atomic E-state index is -4.49. The third-order valence-electron chi connectivity index (χ3n) is 2.26. The van der Waals surface area contributed by atoms with Gasteiger partial charge in [0.15, 0.2) is 0 Å². The largest absolute Gasteiger partial charge is 0.433 e. The fourth-order valence-corrected chi connectivity index (χ4v) is 1.12. The molecule has 1 amide bonds. The number of rotatable bonds is 3. The molecule has 1 N–H and O–H groups in total. The van der Waals surface area contributed by atoms with Crippen molar-refractivity contribution >= 4 is 23.2 Å². The smallest absolute Gasteiger partial charge is 0.324 e. The molecule has 1 aromatic heterocycles. The molecule has 0 bridgehead atoms. The summed E-state index contributed by atoms with van der Waals surface area (Å²) in [5.41, 5.74) is -1.60. The molecule has 1 aromatic rings. The zero-order valence-electron chi connectivity index (χ0n) is 9.81. The van der Waals surface area contributed by atoms with E-state index in [1.165, 1.54) is 0 Å². The number of halogens is 4. The summed E-state index contributed by atoms with van der Waals surface area (Å²) in [6.07, 6.45) is -3.52. The molecule has 0 spiro atoms. The van der Waals surface area contributed by atoms with E-state index in [1.807, 2.05) is 0 Å². The highest BCUT2D eigenvalue weighted by Crippen LogP contribution is 2.28. The number of alkyl halides is 4. The van der Waals surface area contributed by atoms with Gasteiger partial charge in [-0.05, 0) is 26.0 Å². The molecule has 3 nitrogen and oxygen atoms in total. The van der Waals surface area contributed by atoms with Crippen molar-refractivity contribution in [3.05, 3.63) is 24.0 Å². The van der Waals surface area contributed by atoms with Crippen molar-refractivity contribution in [1.29, 1.82) is 0 Å². The summed E-state index contributed by atoms with van der Waals surface area (Å²) in [6.45, 7) is 3.26. The van der Waals surface area contributed by atoms with Crippen molar-refractivity contribution in [2.24, 2.45) is 5.41 Å². The number of nitrogens with one attached hydrogen (secondary N) is 1. The maximum Gasteiger partial charge on any atom is 0.433 e. The molecule has 0 saturated carbocycles. The first-order chi connectivity index (χ1) is 8.16. The van der Waals surface area contributed by atoms with Crippen LogP contribution in [0.2, 0.25) is 0 Å². The van der Waals surface area contributed by atoms with E-state index >= 15 is 0 Å². The molecule has 0 aromatic carbocycles. The maximum atomic E-state index is 12.3. The summed E-state index contributed by atoms with van der Waals surface area (Å²) in [5.74, 6) is -0.272. The van der Waals surface area contributed by atoms with E-state index in [2.05, 4.69) is 10.3 Å². The van der Waals surface area contributed by atoms with Crippen LogP contribution in [-0.4, -0.2) is 16.8 Å². The SMILES string of the molecule is CC(C)(CCl)C(=O)Nc1ccc(C(F)(F)F)nc1. The Morgan fingerprint density at radius 3 is 2.39 bits per heavy atom. The van der Waals surface area contributed by atoms with E-state index < -0.39 is 17.3 Å². The summed E-state index contributed by atoms with van der Waals surface area (Å²) in [4.78, 5) is 14.9. The van der Waals surface area contributed by atoms with Crippen LogP contribution in [0.4, 0.5) is 18.9 Å². The summed E-state index contributed by atoms with van der Waals surface area (Å²) < 4.78 is 36.8. The molecule has 0 aliphatic carbocycles. The second kappa shape index (κ2) is 5.14. The molecule has 0 atom stereocenters. The van der Waals surface area contributed by atoms with E-state index in [4.69, 9.17) is 11.6 Å². The molecular formula is C11H12ClF3N2O. The molecule has 1 heterocycles. The van der Waals surface area contributed by atoms with E-state index in [-0.39, 0.29) is 17.5 Å². The molecule has 18 heavy (non-hydrogen) atoms. The number of carbonyl (C=O) groups excluding carboxylic acids is 1. The van der Waals surface area contributed by atoms with E-state index in [0.29, 0.717) is 0 Å². The van der Waals surface area contributed by atoms with Gasteiger partial charge in [-0.2, -0.15) is 13.2 Å². The number of anilines is 1. The number of nitrogens with zero attached hydrogens (tertiary/aromatic N) is 1. The van der Waals surface area contributed by atoms with E-state index in [0.717, 1.165) is 18.3 Å². The van der Waals surface area contributed by atoms with Gasteiger partial charge in [0.1, 0.15) is 5.69 Å². The highest BCUT2D eigenvalue weighted by molar-refractivity contribution is 6.20. The molecular weight excluding hydrogens is 269 g/mol. The molecule has 100 valence electrons. The van der Waals surface area contributed by atoms with Crippen LogP contribution in [0.25, 0.3) is 0 Å². The Bertz CT molecular complexity index is 429. The predicted octanol–water partition coefficient (Wildman–Crippen LogP) is 3.30. The van der Waals surface area contributed by atoms with Gasteiger partial charge in [-0.3, -0.25) is 4.79 Å². The average molecular weight is 281 g/mol. The van der Waals surface area contributed by atoms with E-state index in [9.17, 15) is 18.0 Å². The molecule has 0 saturated heterocycles. The van der Waals surface area contributed by atoms with Gasteiger partial charge in [0, 0.05) is 5.88 Å². The third kappa shape index (κ3) is 3.60. The van der Waals surface area contributed by atoms with Crippen LogP contribution in [-0.2, 0) is 11.0 Å². The number of hydrogen-bond acceptors (Lipinski definition) is 2. The molecule has 0 fully saturated rings. The van der Waals surface area contributed by atoms with Crippen LogP contribution in [0.3, 0.4) is 0 Å². The normalized spacial score (nSPS) is 12.3. The van der Waals surface area contributed by atoms with Gasteiger partial charge < -0.3 is 5.32 Å². The van der Waals surface area contributed by atoms with Gasteiger partial charge in [-0.15, -0.1) is 11.6 Å². The van der Waals surface area contributed by atoms with Crippen molar-refractivity contribution in [2.45, 2.75) is 20.0 Å². The van der Waals surface area contributed by atoms with Crippen LogP contribution in [0.1, 0.15) is 19.5 Å². The molecule has 0 unspecified atom stereocenters. The lowest BCUT2D eigenvalue weighted by molar-refractivity contribution is -0.141. The van der Waals surface area contributed by atoms with Crippen LogP contribution >= 0.6 is 11.6 Å². The lowest BCUT2D eigenvalue weighted by Gasteiger charge is -2.20. The van der Waals surface area contributed by atoms with Gasteiger partial charge in [0.2, 0.25) is 5.91 Å². The number of aromatic nitrogens is 1. The molecule has 0 radical (unpaired) electrons. The average Bonchev–Trinajstić information content (AvgIpc) is 2.28. The number of amides is 1. The minimum Gasteiger partial charge on any atom is -0.324 e. The number of pyridine rings is 1. The Balaban J connectivity index is 2.79. The standard InChI is InChI=1S/C11H12ClF3N2O/c1-10(2,6-12)9(18)17-7-3-4-8(16-5-7)11(13,14)15/h3-5H,6H2,1-2H3,(H,17,18). The Labute approximate surface area is 107 Å². The van der Waals surface area contributed by atoms with Crippen molar-refractivity contribution in [1.82, 2.24) is 4.98 Å². The summed E-state index contributed by atoms with van der Waals surface area (Å²) in [7, 11) is 0. The molecule has 1 rings (SSSR count). The van der Waals surface area contributed by atoms with Crippen molar-refractivity contribution in [3.8, 4) is 0 Å². The molecule has 0 aliphatic rings. The topological polar surface area (TPSA) is 42.0 Å². The van der Waals surface area contributed by atoms with Crippen LogP contribution in [0.5, 0.6) is 0 Å². The maximum absolute atomic E-state index is 12.3. The quantitative estimate of drug-likeness (QED) is 0.863. The predicted molar refractivity (Wildman–Crippen MR) is 62.4 cm³/mol. The van der Waals surface area contributed by atoms with Crippen LogP contribution < -0.4 is 5.32 Å². The van der Waals surface area contributed by atoms with Gasteiger partial charge in [0.05, 0.1) is 17.3 Å². The summed E-state index contributed by atoms with van der Waals surface area (Å²) in [6, 6.07) is 1.96. The zero-order valence-corrected chi connectivity index (χ0v) is 10.6. The minimum absolute atomic E-state index is 0.104. The first-order valence-corrected chi connectivity index (χ1v) is 5.61. The highest BCUT2D eigenvalue weighted by atomic mass is 35.5. The van der Waals surface area contributed by atoms with Gasteiger partial charge in [-0.1, -0.05) is 0 Å². The lowest BCUT2D eigenvalue weighted by Crippen LogP contribution is -2.32. The first-order valence-electron chi connectivity index (χ1n) is 5.07. The molecule has 7 heteroatoms.